The van der Waals surface area contributed by atoms with Gasteiger partial charge < -0.3 is 4.90 Å². The smallest absolute Gasteiger partial charge is 0.245 e. The molecule has 2 aromatic heterocycles. The van der Waals surface area contributed by atoms with Gasteiger partial charge in [-0.3, -0.25) is 9.36 Å². The molecule has 2 atom stereocenters. The molecule has 108 valence electrons. The lowest BCUT2D eigenvalue weighted by molar-refractivity contribution is -0.132. The van der Waals surface area contributed by atoms with E-state index in [9.17, 15) is 4.79 Å². The normalized spacial score (nSPS) is 14.2. The lowest BCUT2D eigenvalue weighted by Gasteiger charge is -2.22. The summed E-state index contributed by atoms with van der Waals surface area (Å²) >= 11 is 6.21. The van der Waals surface area contributed by atoms with E-state index in [1.807, 2.05) is 37.5 Å². The topological polar surface area (TPSA) is 51.0 Å². The van der Waals surface area contributed by atoms with Crippen LogP contribution in [0.3, 0.4) is 0 Å². The number of amides is 1. The molecule has 0 radical (unpaired) electrons. The first-order valence-electron chi connectivity index (χ1n) is 6.69. The number of carbonyl (C=O) groups excluding carboxylic acids is 1. The molecule has 20 heavy (non-hydrogen) atoms. The summed E-state index contributed by atoms with van der Waals surface area (Å²) in [6, 6.07) is 3.33. The average Bonchev–Trinajstić information content (AvgIpc) is 2.84. The minimum absolute atomic E-state index is 0.0241. The van der Waals surface area contributed by atoms with E-state index in [0.717, 1.165) is 5.52 Å². The second-order valence-corrected chi connectivity index (χ2v) is 5.49. The first-order chi connectivity index (χ1) is 9.47. The van der Waals surface area contributed by atoms with Crippen LogP contribution in [0.1, 0.15) is 38.0 Å². The van der Waals surface area contributed by atoms with Crippen LogP contribution in [-0.4, -0.2) is 38.9 Å². The summed E-state index contributed by atoms with van der Waals surface area (Å²) in [5.41, 5.74) is 1.45. The molecule has 0 fully saturated rings. The predicted molar refractivity (Wildman–Crippen MR) is 79.8 cm³/mol. The lowest BCUT2D eigenvalue weighted by atomic mass is 10.2. The largest absolute Gasteiger partial charge is 0.344 e. The Kier molecular flexibility index (Phi) is 4.28. The number of rotatable bonds is 4. The first-order valence-corrected chi connectivity index (χ1v) is 7.12. The van der Waals surface area contributed by atoms with Crippen molar-refractivity contribution in [3.8, 4) is 0 Å². The number of aromatic nitrogens is 3. The van der Waals surface area contributed by atoms with Crippen molar-refractivity contribution >= 4 is 28.7 Å². The van der Waals surface area contributed by atoms with Crippen molar-refractivity contribution in [3.05, 3.63) is 24.2 Å². The van der Waals surface area contributed by atoms with Crippen LogP contribution in [-0.2, 0) is 4.79 Å². The molecule has 1 amide bonds. The monoisotopic (exact) mass is 294 g/mol. The Hall–Kier alpha value is -1.62. The molecule has 6 heteroatoms. The maximum Gasteiger partial charge on any atom is 0.245 e. The van der Waals surface area contributed by atoms with Crippen molar-refractivity contribution in [2.75, 3.05) is 13.6 Å². The van der Waals surface area contributed by atoms with Crippen LogP contribution in [0.5, 0.6) is 0 Å². The fourth-order valence-electron chi connectivity index (χ4n) is 2.19. The van der Waals surface area contributed by atoms with Crippen molar-refractivity contribution < 1.29 is 4.79 Å². The zero-order chi connectivity index (χ0) is 14.9. The predicted octanol–water partition coefficient (Wildman–Crippen LogP) is 2.77. The minimum atomic E-state index is -0.379. The van der Waals surface area contributed by atoms with Gasteiger partial charge in [-0.2, -0.15) is 0 Å². The number of pyridine rings is 1. The maximum absolute atomic E-state index is 12.4. The fraction of sp³-hybridized carbons (Fsp3) is 0.500. The van der Waals surface area contributed by atoms with E-state index in [2.05, 4.69) is 9.97 Å². The van der Waals surface area contributed by atoms with Gasteiger partial charge in [-0.05, 0) is 32.9 Å². The number of carbonyl (C=O) groups is 1. The van der Waals surface area contributed by atoms with E-state index < -0.39 is 0 Å². The number of hydrogen-bond acceptors (Lipinski definition) is 3. The molecule has 0 aliphatic heterocycles. The third-order valence-corrected chi connectivity index (χ3v) is 3.62. The summed E-state index contributed by atoms with van der Waals surface area (Å²) in [6.07, 6.45) is 1.70. The quantitative estimate of drug-likeness (QED) is 0.815. The summed E-state index contributed by atoms with van der Waals surface area (Å²) < 4.78 is 1.83. The molecule has 0 saturated heterocycles. The highest BCUT2D eigenvalue weighted by atomic mass is 35.5. The van der Waals surface area contributed by atoms with E-state index in [4.69, 9.17) is 11.6 Å². The first kappa shape index (κ1) is 14.8. The van der Waals surface area contributed by atoms with Gasteiger partial charge in [0.1, 0.15) is 17.4 Å². The van der Waals surface area contributed by atoms with Gasteiger partial charge >= 0.3 is 0 Å². The van der Waals surface area contributed by atoms with E-state index in [1.54, 1.807) is 18.1 Å². The van der Waals surface area contributed by atoms with Gasteiger partial charge in [-0.15, -0.1) is 11.6 Å². The molecule has 2 unspecified atom stereocenters. The molecule has 0 bridgehead atoms. The summed E-state index contributed by atoms with van der Waals surface area (Å²) in [7, 11) is 1.79. The number of imidazole rings is 1. The zero-order valence-electron chi connectivity index (χ0n) is 12.2. The standard InChI is InChI=1S/C14H19ClN4O/c1-5-18(4)14(20)10(3)19-12(9(2)15)17-11-7-6-8-16-13(11)19/h6-10H,5H2,1-4H3. The highest BCUT2D eigenvalue weighted by Gasteiger charge is 2.25. The van der Waals surface area contributed by atoms with Crippen molar-refractivity contribution in [2.45, 2.75) is 32.2 Å². The number of hydrogen-bond donors (Lipinski definition) is 0. The summed E-state index contributed by atoms with van der Waals surface area (Å²) in [6.45, 7) is 6.31. The Labute approximate surface area is 123 Å². The molecule has 2 aromatic rings. The molecule has 0 spiro atoms. The number of alkyl halides is 1. The van der Waals surface area contributed by atoms with Gasteiger partial charge in [0.15, 0.2) is 5.65 Å². The molecule has 0 aliphatic rings. The van der Waals surface area contributed by atoms with E-state index >= 15 is 0 Å². The van der Waals surface area contributed by atoms with Gasteiger partial charge in [0.05, 0.1) is 5.38 Å². The molecule has 5 nitrogen and oxygen atoms in total. The summed E-state index contributed by atoms with van der Waals surface area (Å²) in [4.78, 5) is 22.9. The van der Waals surface area contributed by atoms with Gasteiger partial charge in [-0.1, -0.05) is 0 Å². The van der Waals surface area contributed by atoms with Crippen LogP contribution in [0.25, 0.3) is 11.2 Å². The number of likely N-dealkylation sites (N-methyl/N-ethyl adjacent to an activating group) is 1. The van der Waals surface area contributed by atoms with Gasteiger partial charge in [0.25, 0.3) is 0 Å². The number of nitrogens with zero attached hydrogens (tertiary/aromatic N) is 4. The van der Waals surface area contributed by atoms with Gasteiger partial charge in [-0.25, -0.2) is 9.97 Å². The SMILES string of the molecule is CCN(C)C(=O)C(C)n1c(C(C)Cl)nc2cccnc21. The maximum atomic E-state index is 12.4. The van der Waals surface area contributed by atoms with Crippen molar-refractivity contribution in [1.29, 1.82) is 0 Å². The van der Waals surface area contributed by atoms with Crippen LogP contribution in [0.2, 0.25) is 0 Å². The Morgan fingerprint density at radius 3 is 2.80 bits per heavy atom. The molecule has 0 N–H and O–H groups in total. The van der Waals surface area contributed by atoms with Crippen molar-refractivity contribution in [3.63, 3.8) is 0 Å². The highest BCUT2D eigenvalue weighted by molar-refractivity contribution is 6.20. The third-order valence-electron chi connectivity index (χ3n) is 3.43. The Balaban J connectivity index is 2.56. The fourth-order valence-corrected chi connectivity index (χ4v) is 2.35. The molecule has 2 rings (SSSR count). The van der Waals surface area contributed by atoms with Crippen LogP contribution in [0.4, 0.5) is 0 Å². The zero-order valence-corrected chi connectivity index (χ0v) is 12.9. The molecular weight excluding hydrogens is 276 g/mol. The minimum Gasteiger partial charge on any atom is -0.344 e. The Bertz CT molecular complexity index is 623. The third kappa shape index (κ3) is 2.50. The van der Waals surface area contributed by atoms with E-state index in [-0.39, 0.29) is 17.3 Å². The van der Waals surface area contributed by atoms with Gasteiger partial charge in [0.2, 0.25) is 5.91 Å². The average molecular weight is 295 g/mol. The Morgan fingerprint density at radius 2 is 2.20 bits per heavy atom. The van der Waals surface area contributed by atoms with Crippen molar-refractivity contribution in [2.24, 2.45) is 0 Å². The van der Waals surface area contributed by atoms with Crippen LogP contribution < -0.4 is 0 Å². The summed E-state index contributed by atoms with van der Waals surface area (Å²) in [5, 5.41) is -0.286. The second kappa shape index (κ2) is 5.79. The molecular formula is C14H19ClN4O. The molecule has 0 aromatic carbocycles. The highest BCUT2D eigenvalue weighted by Crippen LogP contribution is 2.27. The van der Waals surface area contributed by atoms with Crippen molar-refractivity contribution in [1.82, 2.24) is 19.4 Å². The number of fused-ring (bicyclic) bond motifs is 1. The summed E-state index contributed by atoms with van der Waals surface area (Å²) in [5.74, 6) is 0.696. The number of halogens is 1. The molecule has 0 aliphatic carbocycles. The van der Waals surface area contributed by atoms with Crippen LogP contribution in [0.15, 0.2) is 18.3 Å². The Morgan fingerprint density at radius 1 is 1.50 bits per heavy atom. The van der Waals surface area contributed by atoms with Gasteiger partial charge in [0, 0.05) is 19.8 Å². The second-order valence-electron chi connectivity index (χ2n) is 4.83. The molecule has 0 saturated carbocycles. The van der Waals surface area contributed by atoms with E-state index in [1.165, 1.54) is 0 Å². The van der Waals surface area contributed by atoms with Crippen LogP contribution in [0, 0.1) is 0 Å². The van der Waals surface area contributed by atoms with E-state index in [0.29, 0.717) is 18.0 Å². The molecule has 2 heterocycles. The lowest BCUT2D eigenvalue weighted by Crippen LogP contribution is -2.33. The van der Waals surface area contributed by atoms with Crippen LogP contribution >= 0.6 is 11.6 Å².